The molecule has 0 aliphatic rings. The van der Waals surface area contributed by atoms with Crippen molar-refractivity contribution in [2.45, 2.75) is 17.1 Å². The van der Waals surface area contributed by atoms with E-state index in [2.05, 4.69) is 15.6 Å². The van der Waals surface area contributed by atoms with Gasteiger partial charge in [-0.2, -0.15) is 0 Å². The summed E-state index contributed by atoms with van der Waals surface area (Å²) in [5.41, 5.74) is 2.78. The van der Waals surface area contributed by atoms with Crippen LogP contribution in [0.1, 0.15) is 11.1 Å². The van der Waals surface area contributed by atoms with Crippen LogP contribution >= 0.6 is 11.8 Å². The highest BCUT2D eigenvalue weighted by atomic mass is 32.2. The molecular formula is C22H21N3O2S. The highest BCUT2D eigenvalue weighted by Crippen LogP contribution is 2.23. The van der Waals surface area contributed by atoms with Gasteiger partial charge in [-0.1, -0.05) is 36.4 Å². The number of carbonyl (C=O) groups excluding carboxylic acids is 2. The molecule has 0 fully saturated rings. The number of hydrogen-bond donors (Lipinski definition) is 2. The Labute approximate surface area is 168 Å². The Morgan fingerprint density at radius 1 is 0.857 bits per heavy atom. The fourth-order valence-corrected chi connectivity index (χ4v) is 3.35. The zero-order valence-electron chi connectivity index (χ0n) is 15.3. The second kappa shape index (κ2) is 10.3. The summed E-state index contributed by atoms with van der Waals surface area (Å²) in [6.07, 6.45) is 3.88. The van der Waals surface area contributed by atoms with Gasteiger partial charge in [0, 0.05) is 28.7 Å². The van der Waals surface area contributed by atoms with Crippen molar-refractivity contribution in [2.24, 2.45) is 0 Å². The Morgan fingerprint density at radius 2 is 1.61 bits per heavy atom. The zero-order valence-corrected chi connectivity index (χ0v) is 16.1. The third kappa shape index (κ3) is 6.55. The summed E-state index contributed by atoms with van der Waals surface area (Å²) in [5.74, 6) is 0.410. The number of anilines is 1. The Balaban J connectivity index is 1.40. The molecule has 0 aliphatic heterocycles. The molecule has 0 aliphatic carbocycles. The number of rotatable bonds is 8. The van der Waals surface area contributed by atoms with Gasteiger partial charge in [0.05, 0.1) is 13.0 Å². The molecule has 28 heavy (non-hydrogen) atoms. The number of nitrogens with one attached hydrogen (secondary N) is 2. The molecule has 0 unspecified atom stereocenters. The Bertz CT molecular complexity index is 900. The normalized spacial score (nSPS) is 10.3. The smallest absolute Gasteiger partial charge is 0.243 e. The summed E-state index contributed by atoms with van der Waals surface area (Å²) >= 11 is 1.71. The van der Waals surface area contributed by atoms with Crippen LogP contribution in [-0.2, 0) is 21.8 Å². The first-order chi connectivity index (χ1) is 13.7. The molecule has 2 N–H and O–H groups in total. The first-order valence-corrected chi connectivity index (χ1v) is 9.90. The van der Waals surface area contributed by atoms with Crippen LogP contribution in [0.25, 0.3) is 0 Å². The Morgan fingerprint density at radius 3 is 2.32 bits per heavy atom. The molecule has 0 atom stereocenters. The number of benzene rings is 2. The number of carbonyl (C=O) groups is 2. The Kier molecular flexibility index (Phi) is 7.21. The number of nitrogens with zero attached hydrogens (tertiary/aromatic N) is 1. The van der Waals surface area contributed by atoms with E-state index in [1.807, 2.05) is 72.9 Å². The van der Waals surface area contributed by atoms with Gasteiger partial charge in [0.25, 0.3) is 0 Å². The number of hydrogen-bond acceptors (Lipinski definition) is 4. The van der Waals surface area contributed by atoms with Crippen molar-refractivity contribution in [3.63, 3.8) is 0 Å². The van der Waals surface area contributed by atoms with Crippen LogP contribution in [0.15, 0.2) is 84.0 Å². The van der Waals surface area contributed by atoms with Crippen LogP contribution < -0.4 is 10.6 Å². The topological polar surface area (TPSA) is 71.1 Å². The molecule has 2 aromatic carbocycles. The summed E-state index contributed by atoms with van der Waals surface area (Å²) in [6.45, 7) is -0.0524. The molecule has 0 spiro atoms. The lowest BCUT2D eigenvalue weighted by Crippen LogP contribution is -2.33. The highest BCUT2D eigenvalue weighted by Gasteiger charge is 2.07. The van der Waals surface area contributed by atoms with E-state index in [-0.39, 0.29) is 24.8 Å². The second-order valence-corrected chi connectivity index (χ2v) is 7.21. The summed E-state index contributed by atoms with van der Waals surface area (Å²) in [6, 6.07) is 21.0. The standard InChI is InChI=1S/C22H21N3O2S/c26-21(13-17-5-2-1-3-6-17)24-15-22(27)25-19-8-10-20(11-9-19)28-16-18-7-4-12-23-14-18/h1-12,14H,13,15-16H2,(H,24,26)(H,25,27). The first-order valence-electron chi connectivity index (χ1n) is 8.91. The quantitative estimate of drug-likeness (QED) is 0.575. The fraction of sp³-hybridized carbons (Fsp3) is 0.136. The molecule has 0 saturated carbocycles. The number of pyridine rings is 1. The Hall–Kier alpha value is -3.12. The van der Waals surface area contributed by atoms with E-state index in [1.54, 1.807) is 18.0 Å². The van der Waals surface area contributed by atoms with E-state index in [4.69, 9.17) is 0 Å². The zero-order chi connectivity index (χ0) is 19.6. The van der Waals surface area contributed by atoms with Gasteiger partial charge in [-0.25, -0.2) is 0 Å². The highest BCUT2D eigenvalue weighted by molar-refractivity contribution is 7.98. The maximum Gasteiger partial charge on any atom is 0.243 e. The molecule has 6 heteroatoms. The summed E-state index contributed by atoms with van der Waals surface area (Å²) in [7, 11) is 0. The maximum atomic E-state index is 12.0. The molecule has 0 bridgehead atoms. The van der Waals surface area contributed by atoms with E-state index >= 15 is 0 Å². The third-order valence-electron chi connectivity index (χ3n) is 3.92. The third-order valence-corrected chi connectivity index (χ3v) is 5.00. The molecule has 1 aromatic heterocycles. The molecule has 142 valence electrons. The van der Waals surface area contributed by atoms with Gasteiger partial charge in [0.2, 0.25) is 11.8 Å². The minimum atomic E-state index is -0.253. The van der Waals surface area contributed by atoms with Crippen LogP contribution in [-0.4, -0.2) is 23.3 Å². The number of thioether (sulfide) groups is 1. The molecule has 0 saturated heterocycles. The molecule has 2 amide bonds. The van der Waals surface area contributed by atoms with E-state index in [0.29, 0.717) is 5.69 Å². The van der Waals surface area contributed by atoms with Crippen molar-refractivity contribution in [3.8, 4) is 0 Å². The first kappa shape index (κ1) is 19.6. The predicted octanol–water partition coefficient (Wildman–Crippen LogP) is 3.67. The largest absolute Gasteiger partial charge is 0.347 e. The van der Waals surface area contributed by atoms with E-state index in [1.165, 1.54) is 0 Å². The predicted molar refractivity (Wildman–Crippen MR) is 112 cm³/mol. The average Bonchev–Trinajstić information content (AvgIpc) is 2.73. The average molecular weight is 391 g/mol. The van der Waals surface area contributed by atoms with Gasteiger partial charge in [-0.3, -0.25) is 14.6 Å². The van der Waals surface area contributed by atoms with E-state index in [9.17, 15) is 9.59 Å². The van der Waals surface area contributed by atoms with Crippen molar-refractivity contribution in [1.29, 1.82) is 0 Å². The number of amides is 2. The van der Waals surface area contributed by atoms with Crippen LogP contribution in [0.3, 0.4) is 0 Å². The molecular weight excluding hydrogens is 370 g/mol. The molecule has 3 aromatic rings. The summed E-state index contributed by atoms with van der Waals surface area (Å²) < 4.78 is 0. The van der Waals surface area contributed by atoms with E-state index in [0.717, 1.165) is 21.8 Å². The van der Waals surface area contributed by atoms with Gasteiger partial charge >= 0.3 is 0 Å². The van der Waals surface area contributed by atoms with Crippen molar-refractivity contribution >= 4 is 29.3 Å². The van der Waals surface area contributed by atoms with Crippen LogP contribution in [0.5, 0.6) is 0 Å². The SMILES string of the molecule is O=C(Cc1ccccc1)NCC(=O)Nc1ccc(SCc2cccnc2)cc1. The van der Waals surface area contributed by atoms with Gasteiger partial charge in [0.1, 0.15) is 0 Å². The van der Waals surface area contributed by atoms with Gasteiger partial charge in [-0.15, -0.1) is 11.8 Å². The second-order valence-electron chi connectivity index (χ2n) is 6.16. The van der Waals surface area contributed by atoms with Crippen LogP contribution in [0.2, 0.25) is 0 Å². The van der Waals surface area contributed by atoms with Crippen LogP contribution in [0, 0.1) is 0 Å². The van der Waals surface area contributed by atoms with Gasteiger partial charge in [-0.05, 0) is 41.5 Å². The molecule has 3 rings (SSSR count). The minimum absolute atomic E-state index is 0.0524. The lowest BCUT2D eigenvalue weighted by Gasteiger charge is -2.08. The molecule has 1 heterocycles. The van der Waals surface area contributed by atoms with Gasteiger partial charge in [0.15, 0.2) is 0 Å². The van der Waals surface area contributed by atoms with Gasteiger partial charge < -0.3 is 10.6 Å². The lowest BCUT2D eigenvalue weighted by molar-refractivity contribution is -0.123. The maximum absolute atomic E-state index is 12.0. The summed E-state index contributed by atoms with van der Waals surface area (Å²) in [5, 5.41) is 5.43. The fourth-order valence-electron chi connectivity index (χ4n) is 2.51. The molecule has 0 radical (unpaired) electrons. The molecule has 5 nitrogen and oxygen atoms in total. The van der Waals surface area contributed by atoms with E-state index < -0.39 is 0 Å². The van der Waals surface area contributed by atoms with Crippen LogP contribution in [0.4, 0.5) is 5.69 Å². The monoisotopic (exact) mass is 391 g/mol. The number of aromatic nitrogens is 1. The van der Waals surface area contributed by atoms with Crippen molar-refractivity contribution in [3.05, 3.63) is 90.3 Å². The van der Waals surface area contributed by atoms with Crippen molar-refractivity contribution < 1.29 is 9.59 Å². The minimum Gasteiger partial charge on any atom is -0.347 e. The summed E-state index contributed by atoms with van der Waals surface area (Å²) in [4.78, 5) is 29.1. The van der Waals surface area contributed by atoms with Crippen molar-refractivity contribution in [2.75, 3.05) is 11.9 Å². The van der Waals surface area contributed by atoms with Crippen molar-refractivity contribution in [1.82, 2.24) is 10.3 Å². The lowest BCUT2D eigenvalue weighted by atomic mass is 10.1.